The van der Waals surface area contributed by atoms with Gasteiger partial charge >= 0.3 is 6.09 Å². The highest BCUT2D eigenvalue weighted by Gasteiger charge is 2.15. The smallest absolute Gasteiger partial charge is 0.407 e. The summed E-state index contributed by atoms with van der Waals surface area (Å²) in [5.74, 6) is 1.15. The molecule has 1 aromatic carbocycles. The fourth-order valence-electron chi connectivity index (χ4n) is 1.67. The molecule has 0 heterocycles. The van der Waals surface area contributed by atoms with Gasteiger partial charge in [0.1, 0.15) is 17.1 Å². The number of hydrogen-bond acceptors (Lipinski definition) is 5. The maximum absolute atomic E-state index is 11.5. The van der Waals surface area contributed by atoms with Crippen molar-refractivity contribution in [3.8, 4) is 11.5 Å². The monoisotopic (exact) mass is 330 g/mol. The number of benzene rings is 1. The lowest BCUT2D eigenvalue weighted by atomic mass is 10.2. The Morgan fingerprint density at radius 1 is 1.14 bits per heavy atom. The highest BCUT2D eigenvalue weighted by Crippen LogP contribution is 2.35. The number of alkyl carbamates (subject to hydrolysis) is 1. The van der Waals surface area contributed by atoms with Gasteiger partial charge in [-0.25, -0.2) is 4.79 Å². The minimum atomic E-state index is -0.510. The lowest BCUT2D eigenvalue weighted by Gasteiger charge is -2.20. The summed E-state index contributed by atoms with van der Waals surface area (Å²) in [6.45, 7) is 6.35. The normalized spacial score (nSPS) is 10.8. The Hall–Kier alpha value is -1.82. The first-order valence-electron chi connectivity index (χ1n) is 6.89. The van der Waals surface area contributed by atoms with Crippen molar-refractivity contribution in [3.63, 3.8) is 0 Å². The topological polar surface area (TPSA) is 68.8 Å². The third-order valence-electron chi connectivity index (χ3n) is 2.58. The van der Waals surface area contributed by atoms with Gasteiger partial charge in [-0.2, -0.15) is 0 Å². The van der Waals surface area contributed by atoms with Gasteiger partial charge in [0.25, 0.3) is 0 Å². The molecule has 0 atom stereocenters. The van der Waals surface area contributed by atoms with Crippen LogP contribution in [0, 0.1) is 0 Å². The fraction of sp³-hybridized carbons (Fsp3) is 0.533. The highest BCUT2D eigenvalue weighted by molar-refractivity contribution is 6.32. The number of nitrogens with one attached hydrogen (secondary N) is 2. The zero-order chi connectivity index (χ0) is 16.8. The number of carbonyl (C=O) groups excluding carboxylic acids is 1. The number of hydrogen-bond donors (Lipinski definition) is 2. The predicted molar refractivity (Wildman–Crippen MR) is 87.3 cm³/mol. The van der Waals surface area contributed by atoms with Crippen LogP contribution < -0.4 is 20.1 Å². The first-order valence-corrected chi connectivity index (χ1v) is 7.27. The molecular weight excluding hydrogens is 308 g/mol. The average Bonchev–Trinajstić information content (AvgIpc) is 2.42. The Kier molecular flexibility index (Phi) is 6.61. The maximum atomic E-state index is 11.5. The first-order chi connectivity index (χ1) is 10.3. The highest BCUT2D eigenvalue weighted by atomic mass is 35.5. The van der Waals surface area contributed by atoms with E-state index in [1.807, 2.05) is 20.8 Å². The second-order valence-electron chi connectivity index (χ2n) is 5.54. The summed E-state index contributed by atoms with van der Waals surface area (Å²) in [5.41, 5.74) is 0.212. The molecule has 0 saturated carbocycles. The van der Waals surface area contributed by atoms with Crippen molar-refractivity contribution in [2.75, 3.05) is 32.6 Å². The van der Waals surface area contributed by atoms with Gasteiger partial charge in [0, 0.05) is 19.2 Å². The summed E-state index contributed by atoms with van der Waals surface area (Å²) in [7, 11) is 3.10. The molecule has 0 spiro atoms. The van der Waals surface area contributed by atoms with Crippen molar-refractivity contribution in [1.82, 2.24) is 5.32 Å². The summed E-state index contributed by atoms with van der Waals surface area (Å²) in [5, 5.41) is 6.28. The van der Waals surface area contributed by atoms with Gasteiger partial charge in [-0.1, -0.05) is 11.6 Å². The van der Waals surface area contributed by atoms with Crippen LogP contribution in [0.1, 0.15) is 20.8 Å². The van der Waals surface area contributed by atoms with E-state index in [1.54, 1.807) is 26.4 Å². The number of rotatable bonds is 6. The number of amides is 1. The SMILES string of the molecule is COc1cc(OC)c(NCCNC(=O)OC(C)(C)C)cc1Cl. The van der Waals surface area contributed by atoms with E-state index in [0.29, 0.717) is 29.6 Å². The summed E-state index contributed by atoms with van der Waals surface area (Å²) in [6, 6.07) is 3.42. The molecule has 2 N–H and O–H groups in total. The zero-order valence-electron chi connectivity index (χ0n) is 13.6. The van der Waals surface area contributed by atoms with Gasteiger partial charge in [-0.3, -0.25) is 0 Å². The van der Waals surface area contributed by atoms with Gasteiger partial charge in [-0.15, -0.1) is 0 Å². The summed E-state index contributed by atoms with van der Waals surface area (Å²) in [4.78, 5) is 11.5. The van der Waals surface area contributed by atoms with Gasteiger partial charge in [0.05, 0.1) is 24.9 Å². The van der Waals surface area contributed by atoms with Crippen LogP contribution in [0.25, 0.3) is 0 Å². The Morgan fingerprint density at radius 2 is 1.77 bits per heavy atom. The van der Waals surface area contributed by atoms with Crippen LogP contribution in [0.5, 0.6) is 11.5 Å². The van der Waals surface area contributed by atoms with Crippen molar-refractivity contribution in [1.29, 1.82) is 0 Å². The summed E-state index contributed by atoms with van der Waals surface area (Å²) in [6.07, 6.45) is -0.450. The van der Waals surface area contributed by atoms with E-state index in [9.17, 15) is 4.79 Å². The Balaban J connectivity index is 2.51. The lowest BCUT2D eigenvalue weighted by molar-refractivity contribution is 0.0530. The summed E-state index contributed by atoms with van der Waals surface area (Å²) >= 11 is 6.08. The average molecular weight is 331 g/mol. The maximum Gasteiger partial charge on any atom is 0.407 e. The standard InChI is InChI=1S/C15H23ClN2O4/c1-15(2,3)22-14(19)18-7-6-17-11-8-10(16)12(20-4)9-13(11)21-5/h8-9,17H,6-7H2,1-5H3,(H,18,19). The molecule has 22 heavy (non-hydrogen) atoms. The van der Waals surface area contributed by atoms with E-state index in [1.165, 1.54) is 0 Å². The van der Waals surface area contributed by atoms with Crippen molar-refractivity contribution in [2.24, 2.45) is 0 Å². The van der Waals surface area contributed by atoms with Crippen LogP contribution in [0.15, 0.2) is 12.1 Å². The molecule has 0 aliphatic carbocycles. The van der Waals surface area contributed by atoms with E-state index in [-0.39, 0.29) is 0 Å². The molecule has 1 rings (SSSR count). The van der Waals surface area contributed by atoms with E-state index in [0.717, 1.165) is 5.69 Å². The quantitative estimate of drug-likeness (QED) is 0.783. The van der Waals surface area contributed by atoms with Crippen molar-refractivity contribution < 1.29 is 19.0 Å². The molecule has 0 bridgehead atoms. The Labute approximate surface area is 136 Å². The van der Waals surface area contributed by atoms with Crippen molar-refractivity contribution in [2.45, 2.75) is 26.4 Å². The molecular formula is C15H23ClN2O4. The molecule has 7 heteroatoms. The van der Waals surface area contributed by atoms with E-state index >= 15 is 0 Å². The molecule has 1 amide bonds. The first kappa shape index (κ1) is 18.2. The van der Waals surface area contributed by atoms with Crippen molar-refractivity contribution >= 4 is 23.4 Å². The van der Waals surface area contributed by atoms with Gasteiger partial charge in [0.2, 0.25) is 0 Å². The Morgan fingerprint density at radius 3 is 2.32 bits per heavy atom. The predicted octanol–water partition coefficient (Wildman–Crippen LogP) is 3.29. The van der Waals surface area contributed by atoms with E-state index in [2.05, 4.69) is 10.6 Å². The third kappa shape index (κ3) is 5.89. The van der Waals surface area contributed by atoms with Crippen LogP contribution in [0.3, 0.4) is 0 Å². The van der Waals surface area contributed by atoms with Crippen LogP contribution >= 0.6 is 11.6 Å². The number of anilines is 1. The van der Waals surface area contributed by atoms with Crippen LogP contribution in [0.4, 0.5) is 10.5 Å². The van der Waals surface area contributed by atoms with E-state index in [4.69, 9.17) is 25.8 Å². The number of carbonyl (C=O) groups is 1. The molecule has 0 fully saturated rings. The van der Waals surface area contributed by atoms with Crippen LogP contribution in [0.2, 0.25) is 5.02 Å². The molecule has 124 valence electrons. The largest absolute Gasteiger partial charge is 0.495 e. The van der Waals surface area contributed by atoms with Gasteiger partial charge in [0.15, 0.2) is 0 Å². The molecule has 6 nitrogen and oxygen atoms in total. The Bertz CT molecular complexity index is 515. The van der Waals surface area contributed by atoms with Gasteiger partial charge < -0.3 is 24.8 Å². The number of ether oxygens (including phenoxy) is 3. The van der Waals surface area contributed by atoms with E-state index < -0.39 is 11.7 Å². The third-order valence-corrected chi connectivity index (χ3v) is 2.88. The van der Waals surface area contributed by atoms with Crippen LogP contribution in [-0.2, 0) is 4.74 Å². The minimum absolute atomic E-state index is 0.404. The summed E-state index contributed by atoms with van der Waals surface area (Å²) < 4.78 is 15.6. The zero-order valence-corrected chi connectivity index (χ0v) is 14.3. The second kappa shape index (κ2) is 7.98. The molecule has 0 aliphatic heterocycles. The molecule has 0 radical (unpaired) electrons. The fourth-order valence-corrected chi connectivity index (χ4v) is 1.91. The van der Waals surface area contributed by atoms with Gasteiger partial charge in [-0.05, 0) is 26.8 Å². The molecule has 0 aromatic heterocycles. The minimum Gasteiger partial charge on any atom is -0.495 e. The van der Waals surface area contributed by atoms with Crippen LogP contribution in [-0.4, -0.2) is 39.0 Å². The van der Waals surface area contributed by atoms with Crippen molar-refractivity contribution in [3.05, 3.63) is 17.2 Å². The number of halogens is 1. The lowest BCUT2D eigenvalue weighted by Crippen LogP contribution is -2.35. The molecule has 0 saturated heterocycles. The molecule has 0 aliphatic rings. The second-order valence-corrected chi connectivity index (χ2v) is 5.95. The molecule has 0 unspecified atom stereocenters. The molecule has 1 aromatic rings. The number of methoxy groups -OCH3 is 2.